The normalized spacial score (nSPS) is 11.2. The molecule has 2 aromatic heterocycles. The zero-order chi connectivity index (χ0) is 12.3. The highest BCUT2D eigenvalue weighted by molar-refractivity contribution is 7.98. The highest BCUT2D eigenvalue weighted by Crippen LogP contribution is 2.28. The van der Waals surface area contributed by atoms with Gasteiger partial charge in [-0.1, -0.05) is 19.0 Å². The van der Waals surface area contributed by atoms with Crippen molar-refractivity contribution in [3.63, 3.8) is 0 Å². The number of anilines is 1. The lowest BCUT2D eigenvalue weighted by atomic mass is 10.3. The zero-order valence-electron chi connectivity index (χ0n) is 9.84. The van der Waals surface area contributed by atoms with Crippen LogP contribution in [0, 0.1) is 5.92 Å². The zero-order valence-corrected chi connectivity index (χ0v) is 11.5. The molecule has 0 amide bonds. The molecule has 0 bridgehead atoms. The summed E-state index contributed by atoms with van der Waals surface area (Å²) in [6.45, 7) is 4.40. The van der Waals surface area contributed by atoms with Gasteiger partial charge in [0.05, 0.1) is 15.6 Å². The van der Waals surface area contributed by atoms with Gasteiger partial charge < -0.3 is 10.3 Å². The fourth-order valence-electron chi connectivity index (χ4n) is 1.27. The Hall–Kier alpha value is -1.01. The molecule has 0 spiro atoms. The van der Waals surface area contributed by atoms with Crippen LogP contribution in [0.2, 0.25) is 0 Å². The standard InChI is InChI=1S/C11H15N3OS2/c1-7(2)5-16-6-10-13-11(15-14-10)8-3-4-9(12)17-8/h3-4,7H,5-6,12H2,1-2H3. The molecule has 2 heterocycles. The van der Waals surface area contributed by atoms with E-state index >= 15 is 0 Å². The number of thioether (sulfide) groups is 1. The smallest absolute Gasteiger partial charge is 0.268 e. The van der Waals surface area contributed by atoms with Gasteiger partial charge in [-0.3, -0.25) is 0 Å². The van der Waals surface area contributed by atoms with Gasteiger partial charge in [-0.05, 0) is 23.8 Å². The molecular formula is C11H15N3OS2. The average Bonchev–Trinajstić information content (AvgIpc) is 2.86. The lowest BCUT2D eigenvalue weighted by Gasteiger charge is -2.00. The van der Waals surface area contributed by atoms with Crippen LogP contribution in [-0.2, 0) is 5.75 Å². The molecular weight excluding hydrogens is 254 g/mol. The van der Waals surface area contributed by atoms with Gasteiger partial charge in [0.15, 0.2) is 5.82 Å². The van der Waals surface area contributed by atoms with Gasteiger partial charge in [-0.25, -0.2) is 0 Å². The first-order valence-corrected chi connectivity index (χ1v) is 7.38. The number of nitrogens with zero attached hydrogens (tertiary/aromatic N) is 2. The quantitative estimate of drug-likeness (QED) is 0.902. The summed E-state index contributed by atoms with van der Waals surface area (Å²) in [7, 11) is 0. The van der Waals surface area contributed by atoms with E-state index in [-0.39, 0.29) is 0 Å². The molecule has 4 nitrogen and oxygen atoms in total. The summed E-state index contributed by atoms with van der Waals surface area (Å²) in [5, 5.41) is 4.72. The van der Waals surface area contributed by atoms with Crippen molar-refractivity contribution in [2.24, 2.45) is 5.92 Å². The Morgan fingerprint density at radius 3 is 2.94 bits per heavy atom. The van der Waals surface area contributed by atoms with E-state index in [9.17, 15) is 0 Å². The Labute approximate surface area is 109 Å². The number of nitrogen functional groups attached to an aromatic ring is 1. The number of hydrogen-bond donors (Lipinski definition) is 1. The fourth-order valence-corrected chi connectivity index (χ4v) is 2.85. The van der Waals surface area contributed by atoms with Gasteiger partial charge in [0, 0.05) is 0 Å². The van der Waals surface area contributed by atoms with Crippen LogP contribution in [0.4, 0.5) is 5.00 Å². The van der Waals surface area contributed by atoms with Gasteiger partial charge in [0.25, 0.3) is 5.89 Å². The van der Waals surface area contributed by atoms with Gasteiger partial charge in [0.2, 0.25) is 0 Å². The molecule has 92 valence electrons. The second-order valence-corrected chi connectivity index (χ2v) is 6.27. The van der Waals surface area contributed by atoms with E-state index in [1.807, 2.05) is 23.9 Å². The van der Waals surface area contributed by atoms with Crippen molar-refractivity contribution in [1.29, 1.82) is 0 Å². The van der Waals surface area contributed by atoms with E-state index < -0.39 is 0 Å². The fraction of sp³-hybridized carbons (Fsp3) is 0.455. The van der Waals surface area contributed by atoms with E-state index in [2.05, 4.69) is 24.0 Å². The molecule has 0 aromatic carbocycles. The van der Waals surface area contributed by atoms with Crippen LogP contribution in [0.25, 0.3) is 10.8 Å². The first kappa shape index (κ1) is 12.4. The maximum atomic E-state index is 5.66. The van der Waals surface area contributed by atoms with Crippen molar-refractivity contribution in [1.82, 2.24) is 10.1 Å². The number of thiophene rings is 1. The summed E-state index contributed by atoms with van der Waals surface area (Å²) < 4.78 is 5.20. The predicted octanol–water partition coefficient (Wildman–Crippen LogP) is 3.27. The molecule has 0 fully saturated rings. The largest absolute Gasteiger partial charge is 0.391 e. The number of nitrogens with two attached hydrogens (primary N) is 1. The van der Waals surface area contributed by atoms with Crippen molar-refractivity contribution >= 4 is 28.1 Å². The Morgan fingerprint density at radius 2 is 2.29 bits per heavy atom. The Bertz CT molecular complexity index is 479. The van der Waals surface area contributed by atoms with Crippen molar-refractivity contribution in [2.75, 3.05) is 11.5 Å². The first-order valence-electron chi connectivity index (χ1n) is 5.41. The molecule has 0 aliphatic carbocycles. The molecule has 2 rings (SSSR count). The lowest BCUT2D eigenvalue weighted by Crippen LogP contribution is -1.92. The molecule has 0 atom stereocenters. The minimum atomic E-state index is 0.562. The van der Waals surface area contributed by atoms with Gasteiger partial charge in [-0.15, -0.1) is 11.3 Å². The molecule has 0 saturated heterocycles. The molecule has 0 aliphatic rings. The van der Waals surface area contributed by atoms with Crippen LogP contribution in [0.3, 0.4) is 0 Å². The number of rotatable bonds is 5. The topological polar surface area (TPSA) is 64.9 Å². The minimum absolute atomic E-state index is 0.562. The molecule has 0 saturated carbocycles. The summed E-state index contributed by atoms with van der Waals surface area (Å²) in [6, 6.07) is 3.75. The van der Waals surface area contributed by atoms with Gasteiger partial charge in [-0.2, -0.15) is 16.7 Å². The third kappa shape index (κ3) is 3.47. The van der Waals surface area contributed by atoms with Crippen LogP contribution in [0.1, 0.15) is 19.7 Å². The maximum Gasteiger partial charge on any atom is 0.268 e. The van der Waals surface area contributed by atoms with Crippen LogP contribution < -0.4 is 5.73 Å². The SMILES string of the molecule is CC(C)CSCc1noc(-c2ccc(N)s2)n1. The Balaban J connectivity index is 1.96. The summed E-state index contributed by atoms with van der Waals surface area (Å²) in [6.07, 6.45) is 0. The molecule has 6 heteroatoms. The second kappa shape index (κ2) is 5.55. The van der Waals surface area contributed by atoms with Gasteiger partial charge >= 0.3 is 0 Å². The minimum Gasteiger partial charge on any atom is -0.391 e. The second-order valence-electron chi connectivity index (χ2n) is 4.13. The molecule has 2 N–H and O–H groups in total. The predicted molar refractivity (Wildman–Crippen MR) is 73.0 cm³/mol. The van der Waals surface area contributed by atoms with E-state index in [4.69, 9.17) is 10.3 Å². The molecule has 2 aromatic rings. The van der Waals surface area contributed by atoms with E-state index in [0.29, 0.717) is 11.8 Å². The van der Waals surface area contributed by atoms with E-state index in [1.54, 1.807) is 0 Å². The van der Waals surface area contributed by atoms with Crippen LogP contribution in [0.15, 0.2) is 16.7 Å². The first-order chi connectivity index (χ1) is 8.15. The Morgan fingerprint density at radius 1 is 1.47 bits per heavy atom. The van der Waals surface area contributed by atoms with Crippen LogP contribution in [0.5, 0.6) is 0 Å². The average molecular weight is 269 g/mol. The molecule has 0 unspecified atom stereocenters. The highest BCUT2D eigenvalue weighted by atomic mass is 32.2. The van der Waals surface area contributed by atoms with Crippen molar-refractivity contribution < 1.29 is 4.52 Å². The molecule has 17 heavy (non-hydrogen) atoms. The number of aromatic nitrogens is 2. The lowest BCUT2D eigenvalue weighted by molar-refractivity contribution is 0.426. The summed E-state index contributed by atoms with van der Waals surface area (Å²) in [4.78, 5) is 5.27. The van der Waals surface area contributed by atoms with Crippen molar-refractivity contribution in [2.45, 2.75) is 19.6 Å². The summed E-state index contributed by atoms with van der Waals surface area (Å²) in [5.41, 5.74) is 5.66. The van der Waals surface area contributed by atoms with Crippen molar-refractivity contribution in [3.05, 3.63) is 18.0 Å². The van der Waals surface area contributed by atoms with Crippen LogP contribution in [-0.4, -0.2) is 15.9 Å². The third-order valence-corrected chi connectivity index (χ3v) is 4.26. The number of hydrogen-bond acceptors (Lipinski definition) is 6. The Kier molecular flexibility index (Phi) is 4.06. The summed E-state index contributed by atoms with van der Waals surface area (Å²) >= 11 is 3.28. The monoisotopic (exact) mass is 269 g/mol. The third-order valence-electron chi connectivity index (χ3n) is 1.99. The molecule has 0 radical (unpaired) electrons. The molecule has 0 aliphatic heterocycles. The van der Waals surface area contributed by atoms with Crippen molar-refractivity contribution in [3.8, 4) is 10.8 Å². The summed E-state index contributed by atoms with van der Waals surface area (Å²) in [5.74, 6) is 3.89. The van der Waals surface area contributed by atoms with Gasteiger partial charge in [0.1, 0.15) is 0 Å². The van der Waals surface area contributed by atoms with E-state index in [0.717, 1.165) is 27.2 Å². The highest BCUT2D eigenvalue weighted by Gasteiger charge is 2.10. The maximum absolute atomic E-state index is 5.66. The van der Waals surface area contributed by atoms with E-state index in [1.165, 1.54) is 11.3 Å². The van der Waals surface area contributed by atoms with Crippen LogP contribution >= 0.6 is 23.1 Å².